The van der Waals surface area contributed by atoms with Crippen molar-refractivity contribution in [3.05, 3.63) is 188 Å². The molecule has 13 atom stereocenters. The number of Topliss-reactive ketones (excluding diaryl/α,β-unsaturated/α-hetero) is 3. The molecule has 2 saturated heterocycles. The van der Waals surface area contributed by atoms with Gasteiger partial charge in [0.1, 0.15) is 55.5 Å². The number of rotatable bonds is 27. The fourth-order valence-electron chi connectivity index (χ4n) is 16.7. The fraction of sp³-hybridized carbons (Fsp3) is 0.550. The average molecular weight is 1910 g/mol. The number of hydrogen-bond acceptors (Lipinski definition) is 21. The minimum atomic E-state index is -1.22. The van der Waals surface area contributed by atoms with Crippen LogP contribution in [0, 0.1) is 29.6 Å². The Hall–Kier alpha value is -12.1. The summed E-state index contributed by atoms with van der Waals surface area (Å²) in [5.41, 5.74) is 23.8. The molecule has 6 N–H and O–H groups in total. The average Bonchev–Trinajstić information content (AvgIpc) is 1.62. The SMILES string of the molecule is CC(C)C[C@@H]1NC(=O)[C@H](CCCCN=[N+]=[N-])CC(=O)[C@H](Cc2ccccc2)NC(=O)CCOC(=O)[C@@H]2CCCN2C(=O)[C@H](CSSC(C)(C)C)NC(=O)[C@H](Cc2ccccc2)CC(=O)[C@H](C)NC(=O)[C@H](C)N(C)C(=O)[C@H](Cc2ccccc2)N(C)C(=O)[C@H](C)CC(=O)[C@H](CC(C)C)N(C)C(=O)[C@H](C)N(C)C1=O.[N-]=[N+]=NCCCC[C@H](NC(=O)OCC1c2ccccc2-c2ccccc21)C(=O)O. The van der Waals surface area contributed by atoms with E-state index in [1.165, 1.54) is 95.0 Å². The van der Waals surface area contributed by atoms with Gasteiger partial charge in [-0.3, -0.25) is 57.5 Å². The summed E-state index contributed by atoms with van der Waals surface area (Å²) in [6, 6.07) is 31.1. The van der Waals surface area contributed by atoms with Crippen LogP contribution in [-0.4, -0.2) is 250 Å². The van der Waals surface area contributed by atoms with Crippen LogP contribution < -0.4 is 26.6 Å². The normalized spacial score (nSPS) is 22.8. The van der Waals surface area contributed by atoms with Gasteiger partial charge in [0.15, 0.2) is 17.3 Å². The molecule has 2 heterocycles. The molecular weight excluding hydrogens is 1780 g/mol. The van der Waals surface area contributed by atoms with E-state index in [2.05, 4.69) is 46.6 Å². The van der Waals surface area contributed by atoms with E-state index in [1.807, 2.05) is 97.0 Å². The van der Waals surface area contributed by atoms with Gasteiger partial charge in [0, 0.05) is 118 Å². The van der Waals surface area contributed by atoms with Crippen molar-refractivity contribution in [3.63, 3.8) is 0 Å². The number of amides is 10. The highest BCUT2D eigenvalue weighted by Crippen LogP contribution is 2.45. The summed E-state index contributed by atoms with van der Waals surface area (Å²) in [6.45, 7) is 19.7. The van der Waals surface area contributed by atoms with Crippen LogP contribution >= 0.6 is 21.6 Å². The van der Waals surface area contributed by atoms with E-state index in [-0.39, 0.29) is 106 Å². The number of ether oxygens (including phenoxy) is 2. The molecule has 2 aliphatic heterocycles. The maximum absolute atomic E-state index is 14.9. The lowest BCUT2D eigenvalue weighted by Gasteiger charge is -2.36. The fourth-order valence-corrected chi connectivity index (χ4v) is 19.2. The molecule has 0 bridgehead atoms. The number of azide groups is 2. The van der Waals surface area contributed by atoms with E-state index in [1.54, 1.807) is 97.9 Å². The highest BCUT2D eigenvalue weighted by Gasteiger charge is 2.44. The molecule has 3 aliphatic rings. The maximum atomic E-state index is 14.9. The minimum absolute atomic E-state index is 0.00266. The second kappa shape index (κ2) is 55.2. The molecule has 10 amide bonds. The number of ketones is 3. The van der Waals surface area contributed by atoms with Crippen LogP contribution in [0.4, 0.5) is 4.79 Å². The van der Waals surface area contributed by atoms with Crippen LogP contribution in [0.25, 0.3) is 32.0 Å². The maximum Gasteiger partial charge on any atom is 0.407 e. The number of cyclic esters (lactones) is 1. The number of unbranched alkanes of at least 4 members (excludes halogenated alkanes) is 2. The van der Waals surface area contributed by atoms with Gasteiger partial charge in [0.2, 0.25) is 53.2 Å². The van der Waals surface area contributed by atoms with Gasteiger partial charge in [-0.15, -0.1) is 0 Å². The zero-order valence-corrected chi connectivity index (χ0v) is 82.5. The van der Waals surface area contributed by atoms with Gasteiger partial charge in [-0.05, 0) is 147 Å². The number of hydrogen-bond donors (Lipinski definition) is 6. The molecular formula is C100H136N16O18S2. The predicted molar refractivity (Wildman–Crippen MR) is 521 cm³/mol. The number of nitrogens with one attached hydrogen (secondary N) is 5. The Bertz CT molecular complexity index is 4970. The Kier molecular flexibility index (Phi) is 45.0. The van der Waals surface area contributed by atoms with Crippen molar-refractivity contribution in [1.82, 2.24) is 51.1 Å². The number of carbonyl (C=O) groups is 15. The summed E-state index contributed by atoms with van der Waals surface area (Å²) >= 11 is 0. The molecule has 0 unspecified atom stereocenters. The first kappa shape index (κ1) is 111. The van der Waals surface area contributed by atoms with Crippen LogP contribution in [0.1, 0.15) is 200 Å². The molecule has 136 heavy (non-hydrogen) atoms. The zero-order valence-electron chi connectivity index (χ0n) is 80.9. The van der Waals surface area contributed by atoms with Gasteiger partial charge in [0.25, 0.3) is 0 Å². The van der Waals surface area contributed by atoms with Crippen molar-refractivity contribution in [3.8, 4) is 11.1 Å². The molecule has 1 aliphatic carbocycles. The van der Waals surface area contributed by atoms with Crippen LogP contribution in [0.3, 0.4) is 0 Å². The third-order valence-corrected chi connectivity index (χ3v) is 27.9. The number of alkyl carbamates (subject to hydrolysis) is 1. The third-order valence-electron chi connectivity index (χ3n) is 24.6. The summed E-state index contributed by atoms with van der Waals surface area (Å²) in [4.78, 5) is 226. The summed E-state index contributed by atoms with van der Waals surface area (Å²) in [5, 5.41) is 30.2. The van der Waals surface area contributed by atoms with Crippen molar-refractivity contribution in [2.45, 2.75) is 256 Å². The van der Waals surface area contributed by atoms with Crippen LogP contribution in [0.2, 0.25) is 0 Å². The Morgan fingerprint density at radius 1 is 0.551 bits per heavy atom. The smallest absolute Gasteiger partial charge is 0.407 e. The van der Waals surface area contributed by atoms with Gasteiger partial charge >= 0.3 is 18.0 Å². The number of aliphatic carboxylic acids is 1. The quantitative estimate of drug-likeness (QED) is 0.00710. The molecule has 0 radical (unpaired) electrons. The van der Waals surface area contributed by atoms with Crippen molar-refractivity contribution < 1.29 is 86.5 Å². The van der Waals surface area contributed by atoms with Gasteiger partial charge < -0.3 is 65.7 Å². The lowest BCUT2D eigenvalue weighted by molar-refractivity contribution is -0.154. The number of nitrogens with zero attached hydrogens (tertiary/aromatic N) is 11. The lowest BCUT2D eigenvalue weighted by Crippen LogP contribution is -2.57. The van der Waals surface area contributed by atoms with Crippen LogP contribution in [0.5, 0.6) is 0 Å². The topological polar surface area (TPSA) is 469 Å². The largest absolute Gasteiger partial charge is 0.480 e. The summed E-state index contributed by atoms with van der Waals surface area (Å²) in [6.07, 6.45) is 0.735. The molecule has 34 nitrogen and oxygen atoms in total. The van der Waals surface area contributed by atoms with Crippen LogP contribution in [-0.2, 0) is 95.9 Å². The van der Waals surface area contributed by atoms with Gasteiger partial charge in [-0.2, -0.15) is 0 Å². The minimum Gasteiger partial charge on any atom is -0.480 e. The molecule has 0 saturated carbocycles. The number of carboxylic acid groups (broad SMARTS) is 1. The first-order chi connectivity index (χ1) is 64.6. The molecule has 736 valence electrons. The monoisotopic (exact) mass is 1910 g/mol. The van der Waals surface area contributed by atoms with Crippen molar-refractivity contribution >= 4 is 110 Å². The highest BCUT2D eigenvalue weighted by molar-refractivity contribution is 8.77. The van der Waals surface area contributed by atoms with Crippen LogP contribution in [0.15, 0.2) is 150 Å². The number of fused-ring (bicyclic) bond motifs is 4. The van der Waals surface area contributed by atoms with Crippen molar-refractivity contribution in [2.75, 3.05) is 66.8 Å². The summed E-state index contributed by atoms with van der Waals surface area (Å²) in [7, 11) is 8.55. The van der Waals surface area contributed by atoms with E-state index in [0.29, 0.717) is 55.3 Å². The molecule has 5 aromatic rings. The lowest BCUT2D eigenvalue weighted by atomic mass is 9.90. The van der Waals surface area contributed by atoms with E-state index in [9.17, 15) is 77.0 Å². The first-order valence-corrected chi connectivity index (χ1v) is 49.1. The molecule has 0 spiro atoms. The Balaban J connectivity index is 0.000000731. The molecule has 5 aromatic carbocycles. The van der Waals surface area contributed by atoms with Gasteiger partial charge in [-0.25, -0.2) is 14.4 Å². The predicted octanol–water partition coefficient (Wildman–Crippen LogP) is 12.9. The molecule has 36 heteroatoms. The number of carboxylic acids is 1. The Morgan fingerprint density at radius 2 is 1.07 bits per heavy atom. The van der Waals surface area contributed by atoms with Gasteiger partial charge in [-0.1, -0.05) is 240 Å². The summed E-state index contributed by atoms with van der Waals surface area (Å²) in [5.74, 6) is -12.7. The highest BCUT2D eigenvalue weighted by atomic mass is 33.1. The molecule has 8 rings (SSSR count). The molecule has 0 aromatic heterocycles. The first-order valence-electron chi connectivity index (χ1n) is 46.8. The second-order valence-electron chi connectivity index (χ2n) is 37.1. The third kappa shape index (κ3) is 34.3. The van der Waals surface area contributed by atoms with E-state index >= 15 is 0 Å². The Labute approximate surface area is 805 Å². The number of esters is 1. The number of carbonyl (C=O) groups excluding carboxylic acids is 14. The zero-order chi connectivity index (χ0) is 100. The van der Waals surface area contributed by atoms with Gasteiger partial charge in [0.05, 0.1) is 24.5 Å². The number of likely N-dealkylation sites (N-methyl/N-ethyl adjacent to an activating group) is 4. The second-order valence-corrected chi connectivity index (χ2v) is 40.3. The van der Waals surface area contributed by atoms with Crippen molar-refractivity contribution in [1.29, 1.82) is 0 Å². The standard InChI is InChI=1S/C79H114N12O14S2.C21H22N4O4/c1-49(2)40-61-75(101)88(13)54(8)74(100)89(14)64(41-50(3)4)68(94)42-51(5)73(99)90(15)65(45-57-32-23-18-24-33-57)77(103)87(12)53(7)70(96)82-52(6)66(92)47-59(43-55-28-19-16-20-29-55)72(98)85-62(48-106-107-79(9,10)11)76(102)91-38-27-35-63(91)78(104)105-39-36-69(95)83-60(44-56-30-21-17-22-31-56)67(93)46-58(71(97)84-61)34-25-26-37-81-86-80;22-25-23-12-6-5-11-19(20(26)27)24-21(28)29-13-18-16-9-3-1-7-14(16)15-8-2-4-10-17(15)18/h16-24,28-33,49-54,58-65H,25-27,34-48H2,1-15H3,(H,82,96)(H,83,95)(H,84,97)(H,85,98);1-4,7-10,18-19H,5-6,11-13H2,(H,24,28)(H,26,27)/t51-,52+,53+,54+,58-,59-,60+,61+,62+,63+,64+,65+;19-/m10/s1. The summed E-state index contributed by atoms with van der Waals surface area (Å²) < 4.78 is 10.8. The van der Waals surface area contributed by atoms with E-state index in [0.717, 1.165) is 22.3 Å². The number of benzene rings is 5. The molecule has 2 fully saturated rings. The van der Waals surface area contributed by atoms with Crippen molar-refractivity contribution in [2.24, 2.45) is 39.8 Å². The van der Waals surface area contributed by atoms with E-state index < -0.39 is 193 Å². The Morgan fingerprint density at radius 3 is 1.64 bits per heavy atom. The van der Waals surface area contributed by atoms with E-state index in [4.69, 9.17) is 20.5 Å².